The predicted octanol–water partition coefficient (Wildman–Crippen LogP) is -1.46. The number of aliphatic carboxylic acids is 1. The molecule has 0 fully saturated rings. The zero-order chi connectivity index (χ0) is 16.4. The molecule has 1 aromatic heterocycles. The van der Waals surface area contributed by atoms with Gasteiger partial charge in [-0.25, -0.2) is 4.98 Å². The molecule has 0 N–H and O–H groups in total. The first-order chi connectivity index (χ1) is 11.0. The van der Waals surface area contributed by atoms with Gasteiger partial charge in [0.15, 0.2) is 5.58 Å². The van der Waals surface area contributed by atoms with Crippen molar-refractivity contribution >= 4 is 22.8 Å². The van der Waals surface area contributed by atoms with E-state index in [-0.39, 0.29) is 35.2 Å². The molecule has 0 bridgehead atoms. The van der Waals surface area contributed by atoms with E-state index in [0.29, 0.717) is 28.3 Å². The zero-order valence-electron chi connectivity index (χ0n) is 12.6. The summed E-state index contributed by atoms with van der Waals surface area (Å²) in [6.45, 7) is -0.536. The van der Waals surface area contributed by atoms with E-state index in [1.807, 2.05) is 0 Å². The summed E-state index contributed by atoms with van der Waals surface area (Å²) >= 11 is 0. The first-order valence-corrected chi connectivity index (χ1v) is 6.51. The average Bonchev–Trinajstić information content (AvgIpc) is 2.96. The number of rotatable bonds is 5. The van der Waals surface area contributed by atoms with Gasteiger partial charge in [0.2, 0.25) is 5.89 Å². The molecule has 0 aliphatic heterocycles. The summed E-state index contributed by atoms with van der Waals surface area (Å²) in [7, 11) is 0. The number of carbonyl (C=O) groups excluding carboxylic acids is 1. The van der Waals surface area contributed by atoms with Crippen LogP contribution in [0.15, 0.2) is 46.9 Å². The van der Waals surface area contributed by atoms with Crippen LogP contribution in [0.2, 0.25) is 0 Å². The Balaban J connectivity index is 0.00000208. The molecule has 2 aromatic carbocycles. The Morgan fingerprint density at radius 1 is 1.21 bits per heavy atom. The van der Waals surface area contributed by atoms with Gasteiger partial charge in [0.1, 0.15) is 17.9 Å². The van der Waals surface area contributed by atoms with Crippen LogP contribution in [0.1, 0.15) is 0 Å². The van der Waals surface area contributed by atoms with E-state index in [1.54, 1.807) is 24.3 Å². The van der Waals surface area contributed by atoms with Crippen molar-refractivity contribution in [2.45, 2.75) is 0 Å². The van der Waals surface area contributed by atoms with Crippen LogP contribution in [0, 0.1) is 10.1 Å². The summed E-state index contributed by atoms with van der Waals surface area (Å²) in [6, 6.07) is 10.6. The summed E-state index contributed by atoms with van der Waals surface area (Å²) in [6.07, 6.45) is 0. The summed E-state index contributed by atoms with van der Waals surface area (Å²) in [5, 5.41) is 21.1. The first-order valence-electron chi connectivity index (χ1n) is 6.51. The Bertz CT molecular complexity index is 891. The average molecular weight is 336 g/mol. The zero-order valence-corrected chi connectivity index (χ0v) is 14.6. The van der Waals surface area contributed by atoms with Crippen LogP contribution < -0.4 is 39.4 Å². The van der Waals surface area contributed by atoms with Crippen molar-refractivity contribution in [3.8, 4) is 17.2 Å². The number of carbonyl (C=O) groups is 1. The Kier molecular flexibility index (Phi) is 5.55. The molecule has 0 radical (unpaired) electrons. The van der Waals surface area contributed by atoms with Crippen LogP contribution in [-0.2, 0) is 4.79 Å². The van der Waals surface area contributed by atoms with Crippen molar-refractivity contribution in [1.29, 1.82) is 0 Å². The second-order valence-corrected chi connectivity index (χ2v) is 4.61. The molecule has 0 aliphatic rings. The molecule has 3 rings (SSSR count). The third kappa shape index (κ3) is 3.91. The standard InChI is InChI=1S/C15H10N2O6.Na/c18-14(19)8-22-11-4-1-9(2-5-11)15-16-12-6-3-10(17(20)21)7-13(12)23-15;/h1-7H,8H2,(H,18,19);/q;+1/p-1. The van der Waals surface area contributed by atoms with Crippen molar-refractivity contribution < 1.29 is 53.5 Å². The van der Waals surface area contributed by atoms with Crippen LogP contribution in [0.25, 0.3) is 22.6 Å². The van der Waals surface area contributed by atoms with Gasteiger partial charge in [-0.2, -0.15) is 0 Å². The maximum atomic E-state index is 10.8. The number of nitro groups is 1. The molecule has 0 unspecified atom stereocenters. The third-order valence-corrected chi connectivity index (χ3v) is 3.04. The fraction of sp³-hybridized carbons (Fsp3) is 0.0667. The van der Waals surface area contributed by atoms with Crippen LogP contribution in [-0.4, -0.2) is 22.5 Å². The van der Waals surface area contributed by atoms with Crippen molar-refractivity contribution in [2.75, 3.05) is 6.61 Å². The number of nitro benzene ring substituents is 1. The van der Waals surface area contributed by atoms with Gasteiger partial charge in [0.05, 0.1) is 17.0 Å². The maximum Gasteiger partial charge on any atom is 1.00 e. The smallest absolute Gasteiger partial charge is 0.546 e. The van der Waals surface area contributed by atoms with E-state index in [0.717, 1.165) is 0 Å². The van der Waals surface area contributed by atoms with E-state index >= 15 is 0 Å². The molecule has 0 saturated carbocycles. The van der Waals surface area contributed by atoms with E-state index in [1.165, 1.54) is 18.2 Å². The van der Waals surface area contributed by atoms with Gasteiger partial charge in [-0.1, -0.05) is 0 Å². The summed E-state index contributed by atoms with van der Waals surface area (Å²) < 4.78 is 10.5. The van der Waals surface area contributed by atoms with E-state index < -0.39 is 17.5 Å². The largest absolute Gasteiger partial charge is 1.00 e. The fourth-order valence-electron chi connectivity index (χ4n) is 1.99. The number of carboxylic acids is 1. The number of ether oxygens (including phenoxy) is 1. The van der Waals surface area contributed by atoms with Gasteiger partial charge in [-0.05, 0) is 30.3 Å². The number of benzene rings is 2. The van der Waals surface area contributed by atoms with Crippen LogP contribution in [0.3, 0.4) is 0 Å². The Morgan fingerprint density at radius 2 is 1.92 bits per heavy atom. The molecule has 116 valence electrons. The maximum absolute atomic E-state index is 10.8. The minimum atomic E-state index is -1.31. The molecule has 24 heavy (non-hydrogen) atoms. The first kappa shape index (κ1) is 17.9. The molecule has 0 spiro atoms. The Hall–Kier alpha value is -2.42. The molecule has 9 heteroatoms. The molecule has 0 saturated heterocycles. The number of oxazole rings is 1. The van der Waals surface area contributed by atoms with Crippen molar-refractivity contribution in [1.82, 2.24) is 4.98 Å². The minimum Gasteiger partial charge on any atom is -0.546 e. The molecular formula is C15H9N2NaO6. The summed E-state index contributed by atoms with van der Waals surface area (Å²) in [5.74, 6) is -0.647. The SMILES string of the molecule is O=C([O-])COc1ccc(-c2nc3ccc([N+](=O)[O-])cc3o2)cc1.[Na+]. The third-order valence-electron chi connectivity index (χ3n) is 3.04. The Morgan fingerprint density at radius 3 is 2.54 bits per heavy atom. The van der Waals surface area contributed by atoms with Gasteiger partial charge < -0.3 is 19.1 Å². The summed E-state index contributed by atoms with van der Waals surface area (Å²) in [4.78, 5) is 24.8. The van der Waals surface area contributed by atoms with E-state index in [4.69, 9.17) is 9.15 Å². The summed E-state index contributed by atoms with van der Waals surface area (Å²) in [5.41, 5.74) is 1.37. The molecule has 1 heterocycles. The van der Waals surface area contributed by atoms with Gasteiger partial charge in [0, 0.05) is 11.6 Å². The van der Waals surface area contributed by atoms with E-state index in [9.17, 15) is 20.0 Å². The van der Waals surface area contributed by atoms with Crippen LogP contribution >= 0.6 is 0 Å². The topological polar surface area (TPSA) is 119 Å². The second-order valence-electron chi connectivity index (χ2n) is 4.61. The molecule has 3 aromatic rings. The number of non-ortho nitro benzene ring substituents is 1. The normalized spacial score (nSPS) is 10.2. The number of aromatic nitrogens is 1. The molecule has 0 atom stereocenters. The minimum absolute atomic E-state index is 0. The van der Waals surface area contributed by atoms with Gasteiger partial charge in [0.25, 0.3) is 5.69 Å². The molecule has 8 nitrogen and oxygen atoms in total. The predicted molar refractivity (Wildman–Crippen MR) is 76.6 cm³/mol. The monoisotopic (exact) mass is 336 g/mol. The van der Waals surface area contributed by atoms with Crippen molar-refractivity contribution in [3.05, 3.63) is 52.6 Å². The molecular weight excluding hydrogens is 327 g/mol. The quantitative estimate of drug-likeness (QED) is 0.317. The van der Waals surface area contributed by atoms with Gasteiger partial charge >= 0.3 is 29.6 Å². The van der Waals surface area contributed by atoms with Crippen LogP contribution in [0.4, 0.5) is 5.69 Å². The number of fused-ring (bicyclic) bond motifs is 1. The second kappa shape index (κ2) is 7.43. The van der Waals surface area contributed by atoms with E-state index in [2.05, 4.69) is 4.98 Å². The number of nitrogens with zero attached hydrogens (tertiary/aromatic N) is 2. The van der Waals surface area contributed by atoms with Gasteiger partial charge in [-0.3, -0.25) is 10.1 Å². The Labute approximate surface area is 157 Å². The van der Waals surface area contributed by atoms with Crippen molar-refractivity contribution in [2.24, 2.45) is 0 Å². The van der Waals surface area contributed by atoms with Gasteiger partial charge in [-0.15, -0.1) is 0 Å². The number of carboxylic acid groups (broad SMARTS) is 1. The van der Waals surface area contributed by atoms with Crippen LogP contribution in [0.5, 0.6) is 5.75 Å². The molecule has 0 aliphatic carbocycles. The number of hydrogen-bond acceptors (Lipinski definition) is 7. The van der Waals surface area contributed by atoms with Crippen molar-refractivity contribution in [3.63, 3.8) is 0 Å². The fourth-order valence-corrected chi connectivity index (χ4v) is 1.99. The molecule has 0 amide bonds. The number of hydrogen-bond donors (Lipinski definition) is 0.